The van der Waals surface area contributed by atoms with E-state index in [0.29, 0.717) is 12.3 Å². The fraction of sp³-hybridized carbons (Fsp3) is 0.278. The van der Waals surface area contributed by atoms with E-state index in [1.807, 2.05) is 18.2 Å². The summed E-state index contributed by atoms with van der Waals surface area (Å²) >= 11 is 0. The van der Waals surface area contributed by atoms with Gasteiger partial charge in [0, 0.05) is 6.54 Å². The number of carbonyl (C=O) groups excluding carboxylic acids is 1. The number of hydrogen-bond acceptors (Lipinski definition) is 3. The van der Waals surface area contributed by atoms with Gasteiger partial charge in [0.05, 0.1) is 5.41 Å². The Bertz CT molecular complexity index is 753. The van der Waals surface area contributed by atoms with Crippen molar-refractivity contribution in [1.29, 1.82) is 0 Å². The molecule has 1 amide bonds. The van der Waals surface area contributed by atoms with Gasteiger partial charge in [0.15, 0.2) is 11.5 Å². The lowest BCUT2D eigenvalue weighted by Crippen LogP contribution is -2.34. The van der Waals surface area contributed by atoms with Gasteiger partial charge in [-0.15, -0.1) is 0 Å². The topological polar surface area (TPSA) is 47.6 Å². The van der Waals surface area contributed by atoms with Gasteiger partial charge in [-0.05, 0) is 48.2 Å². The molecule has 5 heteroatoms. The lowest BCUT2D eigenvalue weighted by Gasteiger charge is -2.16. The third-order valence-electron chi connectivity index (χ3n) is 4.48. The predicted octanol–water partition coefficient (Wildman–Crippen LogP) is 2.90. The summed E-state index contributed by atoms with van der Waals surface area (Å²) in [7, 11) is 0. The lowest BCUT2D eigenvalue weighted by atomic mass is 9.94. The Balaban J connectivity index is 1.48. The zero-order chi connectivity index (χ0) is 15.9. The standard InChI is InChI=1S/C18H16FNO3/c19-14-4-1-12(2-5-14)10-20-17(21)18(7-8-18)13-3-6-15-16(9-13)23-11-22-15/h1-6,9H,7-8,10-11H2,(H,20,21). The third-order valence-corrected chi connectivity index (χ3v) is 4.48. The van der Waals surface area contributed by atoms with Crippen molar-refractivity contribution in [2.24, 2.45) is 0 Å². The Morgan fingerprint density at radius 3 is 2.57 bits per heavy atom. The quantitative estimate of drug-likeness (QED) is 0.944. The first-order valence-electron chi connectivity index (χ1n) is 7.60. The van der Waals surface area contributed by atoms with Gasteiger partial charge in [-0.3, -0.25) is 4.79 Å². The van der Waals surface area contributed by atoms with Gasteiger partial charge in [0.2, 0.25) is 12.7 Å². The van der Waals surface area contributed by atoms with E-state index < -0.39 is 5.41 Å². The van der Waals surface area contributed by atoms with Crippen LogP contribution in [-0.2, 0) is 16.8 Å². The Kier molecular flexibility index (Phi) is 3.22. The normalized spacial score (nSPS) is 16.9. The van der Waals surface area contributed by atoms with Crippen LogP contribution in [0.1, 0.15) is 24.0 Å². The average molecular weight is 313 g/mol. The number of hydrogen-bond donors (Lipinski definition) is 1. The Morgan fingerprint density at radius 2 is 1.83 bits per heavy atom. The molecule has 0 radical (unpaired) electrons. The molecule has 4 nitrogen and oxygen atoms in total. The molecule has 118 valence electrons. The molecule has 4 rings (SSSR count). The molecule has 1 fully saturated rings. The Labute approximate surface area is 133 Å². The van der Waals surface area contributed by atoms with Crippen LogP contribution in [0.25, 0.3) is 0 Å². The van der Waals surface area contributed by atoms with Gasteiger partial charge < -0.3 is 14.8 Å². The first kappa shape index (κ1) is 14.1. The molecule has 2 aromatic rings. The SMILES string of the molecule is O=C(NCc1ccc(F)cc1)C1(c2ccc3c(c2)OCO3)CC1. The van der Waals surface area contributed by atoms with Crippen molar-refractivity contribution in [2.75, 3.05) is 6.79 Å². The van der Waals surface area contributed by atoms with Gasteiger partial charge in [0.25, 0.3) is 0 Å². The maximum absolute atomic E-state index is 12.9. The van der Waals surface area contributed by atoms with Crippen LogP contribution < -0.4 is 14.8 Å². The van der Waals surface area contributed by atoms with Crippen molar-refractivity contribution < 1.29 is 18.7 Å². The third kappa shape index (κ3) is 2.52. The minimum atomic E-state index is -0.471. The summed E-state index contributed by atoms with van der Waals surface area (Å²) in [6.45, 7) is 0.619. The summed E-state index contributed by atoms with van der Waals surface area (Å²) in [5, 5.41) is 2.95. The molecule has 0 saturated heterocycles. The van der Waals surface area contributed by atoms with E-state index in [1.54, 1.807) is 12.1 Å². The Hall–Kier alpha value is -2.56. The molecule has 23 heavy (non-hydrogen) atoms. The smallest absolute Gasteiger partial charge is 0.231 e. The van der Waals surface area contributed by atoms with Crippen LogP contribution >= 0.6 is 0 Å². The van der Waals surface area contributed by atoms with Gasteiger partial charge in [-0.2, -0.15) is 0 Å². The van der Waals surface area contributed by atoms with E-state index in [9.17, 15) is 9.18 Å². The molecule has 1 saturated carbocycles. The van der Waals surface area contributed by atoms with Gasteiger partial charge in [0.1, 0.15) is 5.82 Å². The van der Waals surface area contributed by atoms with E-state index in [2.05, 4.69) is 5.32 Å². The number of halogens is 1. The minimum absolute atomic E-state index is 0.000639. The molecule has 0 aromatic heterocycles. The maximum Gasteiger partial charge on any atom is 0.231 e. The summed E-state index contributed by atoms with van der Waals surface area (Å²) in [5.74, 6) is 1.14. The van der Waals surface area contributed by atoms with E-state index in [4.69, 9.17) is 9.47 Å². The van der Waals surface area contributed by atoms with Crippen molar-refractivity contribution >= 4 is 5.91 Å². The Morgan fingerprint density at radius 1 is 1.09 bits per heavy atom. The summed E-state index contributed by atoms with van der Waals surface area (Å²) in [6.07, 6.45) is 1.64. The second kappa shape index (κ2) is 5.26. The number of carbonyl (C=O) groups is 1. The summed E-state index contributed by atoms with van der Waals surface area (Å²) in [6, 6.07) is 11.8. The van der Waals surface area contributed by atoms with Crippen LogP contribution in [0.2, 0.25) is 0 Å². The zero-order valence-corrected chi connectivity index (χ0v) is 12.5. The second-order valence-electron chi connectivity index (χ2n) is 5.96. The molecule has 1 heterocycles. The molecular weight excluding hydrogens is 297 g/mol. The van der Waals surface area contributed by atoms with Crippen LogP contribution in [0, 0.1) is 5.82 Å². The number of nitrogens with one attached hydrogen (secondary N) is 1. The van der Waals surface area contributed by atoms with Crippen LogP contribution in [0.5, 0.6) is 11.5 Å². The minimum Gasteiger partial charge on any atom is -0.454 e. The predicted molar refractivity (Wildman–Crippen MR) is 81.7 cm³/mol. The van der Waals surface area contributed by atoms with Gasteiger partial charge in [-0.1, -0.05) is 18.2 Å². The van der Waals surface area contributed by atoms with E-state index in [1.165, 1.54) is 12.1 Å². The largest absolute Gasteiger partial charge is 0.454 e. The first-order chi connectivity index (χ1) is 11.2. The summed E-state index contributed by atoms with van der Waals surface area (Å²) in [5.41, 5.74) is 1.36. The number of rotatable bonds is 4. The second-order valence-corrected chi connectivity index (χ2v) is 5.96. The zero-order valence-electron chi connectivity index (χ0n) is 12.5. The molecule has 1 aliphatic carbocycles. The fourth-order valence-corrected chi connectivity index (χ4v) is 2.92. The van der Waals surface area contributed by atoms with E-state index in [0.717, 1.165) is 29.7 Å². The van der Waals surface area contributed by atoms with Crippen LogP contribution in [0.15, 0.2) is 42.5 Å². The number of amides is 1. The van der Waals surface area contributed by atoms with Gasteiger partial charge in [-0.25, -0.2) is 4.39 Å². The van der Waals surface area contributed by atoms with Crippen molar-refractivity contribution in [1.82, 2.24) is 5.32 Å². The molecule has 1 N–H and O–H groups in total. The lowest BCUT2D eigenvalue weighted by molar-refractivity contribution is -0.123. The highest BCUT2D eigenvalue weighted by atomic mass is 19.1. The number of benzene rings is 2. The summed E-state index contributed by atoms with van der Waals surface area (Å²) < 4.78 is 23.6. The number of fused-ring (bicyclic) bond motifs is 1. The highest BCUT2D eigenvalue weighted by Gasteiger charge is 2.51. The van der Waals surface area contributed by atoms with Crippen molar-refractivity contribution in [3.05, 3.63) is 59.4 Å². The van der Waals surface area contributed by atoms with E-state index in [-0.39, 0.29) is 18.5 Å². The molecule has 2 aromatic carbocycles. The van der Waals surface area contributed by atoms with E-state index >= 15 is 0 Å². The monoisotopic (exact) mass is 313 g/mol. The number of ether oxygens (including phenoxy) is 2. The van der Waals surface area contributed by atoms with Crippen molar-refractivity contribution in [3.63, 3.8) is 0 Å². The van der Waals surface area contributed by atoms with Crippen molar-refractivity contribution in [2.45, 2.75) is 24.8 Å². The van der Waals surface area contributed by atoms with Crippen molar-refractivity contribution in [3.8, 4) is 11.5 Å². The maximum atomic E-state index is 12.9. The molecule has 0 unspecified atom stereocenters. The highest BCUT2D eigenvalue weighted by molar-refractivity contribution is 5.91. The van der Waals surface area contributed by atoms with Crippen LogP contribution in [0.3, 0.4) is 0 Å². The molecular formula is C18H16FNO3. The highest BCUT2D eigenvalue weighted by Crippen LogP contribution is 2.50. The fourth-order valence-electron chi connectivity index (χ4n) is 2.92. The molecule has 0 bridgehead atoms. The van der Waals surface area contributed by atoms with Gasteiger partial charge >= 0.3 is 0 Å². The molecule has 0 spiro atoms. The molecule has 2 aliphatic rings. The van der Waals surface area contributed by atoms with Crippen LogP contribution in [0.4, 0.5) is 4.39 Å². The average Bonchev–Trinajstić information content (AvgIpc) is 3.25. The molecule has 1 aliphatic heterocycles. The first-order valence-corrected chi connectivity index (χ1v) is 7.60. The summed E-state index contributed by atoms with van der Waals surface area (Å²) in [4.78, 5) is 12.6. The molecule has 0 atom stereocenters. The van der Waals surface area contributed by atoms with Crippen LogP contribution in [-0.4, -0.2) is 12.7 Å².